The van der Waals surface area contributed by atoms with Gasteiger partial charge in [0.1, 0.15) is 13.2 Å². The monoisotopic (exact) mass is 923 g/mol. The van der Waals surface area contributed by atoms with E-state index < -0.39 is 26.6 Å². The fourth-order valence-corrected chi connectivity index (χ4v) is 8.73. The second kappa shape index (κ2) is 46.8. The van der Waals surface area contributed by atoms with Crippen molar-refractivity contribution in [3.8, 4) is 0 Å². The topological polar surface area (TPSA) is 108 Å². The van der Waals surface area contributed by atoms with Gasteiger partial charge in [0.15, 0.2) is 0 Å². The molecule has 3 atom stereocenters. The molecule has 0 aromatic carbocycles. The van der Waals surface area contributed by atoms with E-state index in [1.807, 2.05) is 27.2 Å². The van der Waals surface area contributed by atoms with Gasteiger partial charge < -0.3 is 28.8 Å². The molecule has 0 aromatic rings. The molecule has 378 valence electrons. The van der Waals surface area contributed by atoms with Crippen LogP contribution in [0.1, 0.15) is 258 Å². The zero-order valence-corrected chi connectivity index (χ0v) is 43.9. The van der Waals surface area contributed by atoms with Crippen molar-refractivity contribution in [3.63, 3.8) is 0 Å². The van der Waals surface area contributed by atoms with Crippen LogP contribution in [0.5, 0.6) is 0 Å². The molecule has 0 aliphatic heterocycles. The number of nitrogens with one attached hydrogen (secondary N) is 1. The minimum Gasteiger partial charge on any atom is -0.756 e. The lowest BCUT2D eigenvalue weighted by molar-refractivity contribution is -0.870. The van der Waals surface area contributed by atoms with Crippen LogP contribution < -0.4 is 10.2 Å². The number of phosphoric acid groups is 1. The molecule has 64 heavy (non-hydrogen) atoms. The maximum absolute atomic E-state index is 12.9. The Kier molecular flexibility index (Phi) is 45.9. The highest BCUT2D eigenvalue weighted by atomic mass is 31.2. The van der Waals surface area contributed by atoms with Crippen LogP contribution in [0, 0.1) is 0 Å². The number of carbonyl (C=O) groups excluding carboxylic acids is 1. The summed E-state index contributed by atoms with van der Waals surface area (Å²) in [6, 6.07) is -0.906. The number of nitrogens with zero attached hydrogens (tertiary/aromatic N) is 1. The van der Waals surface area contributed by atoms with Crippen molar-refractivity contribution < 1.29 is 32.9 Å². The van der Waals surface area contributed by atoms with Crippen LogP contribution in [0.15, 0.2) is 36.5 Å². The van der Waals surface area contributed by atoms with Gasteiger partial charge in [0.05, 0.1) is 39.9 Å². The van der Waals surface area contributed by atoms with Crippen LogP contribution in [0.4, 0.5) is 0 Å². The number of likely N-dealkylation sites (N-methyl/N-ethyl adjacent to an activating group) is 1. The third-order valence-electron chi connectivity index (χ3n) is 12.3. The van der Waals surface area contributed by atoms with E-state index in [9.17, 15) is 19.4 Å². The van der Waals surface area contributed by atoms with E-state index in [0.717, 1.165) is 51.4 Å². The summed E-state index contributed by atoms with van der Waals surface area (Å²) in [7, 11) is 1.24. The zero-order chi connectivity index (χ0) is 47.1. The van der Waals surface area contributed by atoms with Crippen molar-refractivity contribution >= 4 is 13.7 Å². The van der Waals surface area contributed by atoms with Gasteiger partial charge in [0, 0.05) is 6.42 Å². The first-order valence-corrected chi connectivity index (χ1v) is 28.8. The molecule has 0 saturated carbocycles. The Hall–Kier alpha value is -1.28. The molecule has 0 saturated heterocycles. The lowest BCUT2D eigenvalue weighted by Crippen LogP contribution is -2.45. The van der Waals surface area contributed by atoms with Gasteiger partial charge in [-0.3, -0.25) is 9.36 Å². The molecule has 2 N–H and O–H groups in total. The Morgan fingerprint density at radius 2 is 0.875 bits per heavy atom. The Bertz CT molecular complexity index is 1140. The van der Waals surface area contributed by atoms with Crippen molar-refractivity contribution in [2.24, 2.45) is 0 Å². The number of carbonyl (C=O) groups is 1. The second-order valence-corrected chi connectivity index (χ2v) is 21.3. The largest absolute Gasteiger partial charge is 0.756 e. The first-order chi connectivity index (χ1) is 31.0. The number of unbranched alkanes of at least 4 members (excludes halogenated alkanes) is 33. The molecule has 0 rings (SSSR count). The Morgan fingerprint density at radius 3 is 1.27 bits per heavy atom. The third-order valence-corrected chi connectivity index (χ3v) is 13.3. The average molecular weight is 923 g/mol. The number of aliphatic hydroxyl groups is 1. The summed E-state index contributed by atoms with van der Waals surface area (Å²) < 4.78 is 23.2. The van der Waals surface area contributed by atoms with Crippen LogP contribution in [-0.2, 0) is 18.4 Å². The van der Waals surface area contributed by atoms with Gasteiger partial charge >= 0.3 is 0 Å². The SMILES string of the molecule is CCCCC/C=C/CC/C=C/CC/C=C/C(O)C(COP(=O)([O-])OCC[N+](C)(C)C)NC(=O)CCCCCCCCCCCCCCCCCCCCCCCCCCCCCCC. The number of allylic oxidation sites excluding steroid dienone is 5. The molecule has 8 nitrogen and oxygen atoms in total. The molecule has 0 fully saturated rings. The van der Waals surface area contributed by atoms with Crippen LogP contribution in [0.3, 0.4) is 0 Å². The number of hydrogen-bond donors (Lipinski definition) is 2. The van der Waals surface area contributed by atoms with Crippen LogP contribution in [-0.4, -0.2) is 68.5 Å². The van der Waals surface area contributed by atoms with Crippen molar-refractivity contribution in [1.82, 2.24) is 5.32 Å². The summed E-state index contributed by atoms with van der Waals surface area (Å²) in [5, 5.41) is 13.8. The molecular weight excluding hydrogens is 816 g/mol. The van der Waals surface area contributed by atoms with Gasteiger partial charge in [-0.1, -0.05) is 243 Å². The lowest BCUT2D eigenvalue weighted by Gasteiger charge is -2.29. The number of hydrogen-bond acceptors (Lipinski definition) is 6. The summed E-state index contributed by atoms with van der Waals surface area (Å²) in [5.74, 6) is -0.208. The van der Waals surface area contributed by atoms with Gasteiger partial charge in [-0.05, 0) is 44.9 Å². The third kappa shape index (κ3) is 48.6. The second-order valence-electron chi connectivity index (χ2n) is 19.9. The van der Waals surface area contributed by atoms with E-state index in [4.69, 9.17) is 9.05 Å². The first kappa shape index (κ1) is 62.7. The summed E-state index contributed by atoms with van der Waals surface area (Å²) in [6.07, 6.45) is 59.5. The number of rotatable bonds is 50. The molecule has 0 bridgehead atoms. The van der Waals surface area contributed by atoms with Crippen molar-refractivity contribution in [2.75, 3.05) is 40.9 Å². The van der Waals surface area contributed by atoms with Gasteiger partial charge in [0.25, 0.3) is 7.82 Å². The lowest BCUT2D eigenvalue weighted by atomic mass is 10.0. The van der Waals surface area contributed by atoms with E-state index in [2.05, 4.69) is 43.5 Å². The minimum atomic E-state index is -4.60. The fraction of sp³-hybridized carbons (Fsp3) is 0.873. The molecular formula is C55H107N2O6P. The minimum absolute atomic E-state index is 0.00775. The Morgan fingerprint density at radius 1 is 0.531 bits per heavy atom. The van der Waals surface area contributed by atoms with Crippen LogP contribution in [0.2, 0.25) is 0 Å². The van der Waals surface area contributed by atoms with Gasteiger partial charge in [-0.15, -0.1) is 0 Å². The standard InChI is InChI=1S/C55H107N2O6P/c1-6-8-10-12-14-16-18-20-21-22-23-24-25-26-27-28-29-30-31-32-33-34-35-37-39-41-43-45-47-49-55(59)56-53(52-63-64(60,61)62-51-50-57(3,4)5)54(58)48-46-44-42-40-38-36-19-17-15-13-11-9-7-2/h15,17,38,40,46,48,53-54,58H,6-14,16,18-37,39,41-45,47,49-52H2,1-5H3,(H-,56,59,60,61)/b17-15+,40-38+,48-46+. The summed E-state index contributed by atoms with van der Waals surface area (Å²) in [6.45, 7) is 4.61. The Labute approximate surface area is 397 Å². The molecule has 1 amide bonds. The highest BCUT2D eigenvalue weighted by Gasteiger charge is 2.23. The van der Waals surface area contributed by atoms with Crippen molar-refractivity contribution in [2.45, 2.75) is 270 Å². The summed E-state index contributed by atoms with van der Waals surface area (Å²) >= 11 is 0. The van der Waals surface area contributed by atoms with Crippen LogP contribution >= 0.6 is 7.82 Å². The van der Waals surface area contributed by atoms with E-state index in [1.165, 1.54) is 186 Å². The average Bonchev–Trinajstić information content (AvgIpc) is 3.25. The molecule has 0 heterocycles. The number of amides is 1. The van der Waals surface area contributed by atoms with E-state index >= 15 is 0 Å². The number of quaternary nitrogens is 1. The van der Waals surface area contributed by atoms with E-state index in [0.29, 0.717) is 17.4 Å². The number of aliphatic hydroxyl groups excluding tert-OH is 1. The molecule has 0 spiro atoms. The molecule has 9 heteroatoms. The summed E-state index contributed by atoms with van der Waals surface area (Å²) in [4.78, 5) is 25.4. The van der Waals surface area contributed by atoms with Gasteiger partial charge in [0.2, 0.25) is 5.91 Å². The highest BCUT2D eigenvalue weighted by molar-refractivity contribution is 7.45. The first-order valence-electron chi connectivity index (χ1n) is 27.4. The maximum Gasteiger partial charge on any atom is 0.268 e. The van der Waals surface area contributed by atoms with Crippen molar-refractivity contribution in [3.05, 3.63) is 36.5 Å². The normalized spacial score (nSPS) is 14.3. The zero-order valence-electron chi connectivity index (χ0n) is 43.0. The van der Waals surface area contributed by atoms with Gasteiger partial charge in [-0.25, -0.2) is 0 Å². The molecule has 0 aliphatic rings. The van der Waals surface area contributed by atoms with E-state index in [1.54, 1.807) is 6.08 Å². The molecule has 0 radical (unpaired) electrons. The molecule has 0 aromatic heterocycles. The smallest absolute Gasteiger partial charge is 0.268 e. The predicted octanol–water partition coefficient (Wildman–Crippen LogP) is 15.6. The highest BCUT2D eigenvalue weighted by Crippen LogP contribution is 2.38. The quantitative estimate of drug-likeness (QED) is 0.0272. The van der Waals surface area contributed by atoms with Crippen LogP contribution in [0.25, 0.3) is 0 Å². The molecule has 0 aliphatic carbocycles. The fourth-order valence-electron chi connectivity index (χ4n) is 8.01. The summed E-state index contributed by atoms with van der Waals surface area (Å²) in [5.41, 5.74) is 0. The van der Waals surface area contributed by atoms with Crippen molar-refractivity contribution in [1.29, 1.82) is 0 Å². The predicted molar refractivity (Wildman–Crippen MR) is 275 cm³/mol. The maximum atomic E-state index is 12.9. The Balaban J connectivity index is 4.08. The van der Waals surface area contributed by atoms with E-state index in [-0.39, 0.29) is 12.5 Å². The molecule has 3 unspecified atom stereocenters. The van der Waals surface area contributed by atoms with Gasteiger partial charge in [-0.2, -0.15) is 0 Å². The number of phosphoric ester groups is 1.